The zero-order chi connectivity index (χ0) is 18.9. The average Bonchev–Trinajstić information content (AvgIpc) is 3.02. The van der Waals surface area contributed by atoms with Crippen molar-refractivity contribution in [2.75, 3.05) is 11.4 Å². The molecule has 0 bridgehead atoms. The second-order valence-corrected chi connectivity index (χ2v) is 6.02. The maximum atomic E-state index is 12.7. The highest BCUT2D eigenvalue weighted by molar-refractivity contribution is 5.52. The Kier molecular flexibility index (Phi) is 4.77. The fourth-order valence-electron chi connectivity index (χ4n) is 3.18. The summed E-state index contributed by atoms with van der Waals surface area (Å²) in [6.45, 7) is 0.611. The third kappa shape index (κ3) is 4.23. The predicted molar refractivity (Wildman–Crippen MR) is 83.9 cm³/mol. The molecule has 0 radical (unpaired) electrons. The van der Waals surface area contributed by atoms with E-state index >= 15 is 0 Å². The van der Waals surface area contributed by atoms with E-state index in [0.29, 0.717) is 24.2 Å². The van der Waals surface area contributed by atoms with Crippen molar-refractivity contribution in [2.45, 2.75) is 31.4 Å². The molecule has 0 aliphatic carbocycles. The van der Waals surface area contributed by atoms with E-state index in [2.05, 4.69) is 4.74 Å². The lowest BCUT2D eigenvalue weighted by Gasteiger charge is -2.28. The van der Waals surface area contributed by atoms with E-state index in [1.165, 1.54) is 30.3 Å². The number of benzene rings is 2. The lowest BCUT2D eigenvalue weighted by atomic mass is 10.0. The molecule has 0 spiro atoms. The predicted octanol–water partition coefficient (Wildman–Crippen LogP) is 5.95. The van der Waals surface area contributed by atoms with Gasteiger partial charge in [-0.25, -0.2) is 0 Å². The largest absolute Gasteiger partial charge is 0.573 e. The number of ether oxygens (including phenoxy) is 1. The van der Waals surface area contributed by atoms with Gasteiger partial charge in [0.1, 0.15) is 5.75 Å². The Morgan fingerprint density at radius 3 is 2.23 bits per heavy atom. The first kappa shape index (κ1) is 18.4. The van der Waals surface area contributed by atoms with E-state index < -0.39 is 18.1 Å². The molecule has 1 aliphatic heterocycles. The maximum Gasteiger partial charge on any atom is 0.573 e. The molecule has 26 heavy (non-hydrogen) atoms. The molecule has 0 amide bonds. The van der Waals surface area contributed by atoms with Gasteiger partial charge in [-0.15, -0.1) is 13.2 Å². The number of hydrogen-bond donors (Lipinski definition) is 0. The maximum absolute atomic E-state index is 12.7. The molecule has 140 valence electrons. The van der Waals surface area contributed by atoms with Crippen LogP contribution < -0.4 is 9.64 Å². The van der Waals surface area contributed by atoms with Gasteiger partial charge < -0.3 is 9.64 Å². The molecular formula is C18H15F6NO. The molecule has 1 atom stereocenters. The molecule has 2 aromatic carbocycles. The van der Waals surface area contributed by atoms with Crippen molar-refractivity contribution in [2.24, 2.45) is 0 Å². The zero-order valence-electron chi connectivity index (χ0n) is 13.4. The van der Waals surface area contributed by atoms with Crippen molar-refractivity contribution in [1.29, 1.82) is 0 Å². The van der Waals surface area contributed by atoms with Gasteiger partial charge in [0, 0.05) is 12.2 Å². The van der Waals surface area contributed by atoms with E-state index in [-0.39, 0.29) is 11.8 Å². The van der Waals surface area contributed by atoms with E-state index in [1.807, 2.05) is 4.90 Å². The number of anilines is 1. The third-order valence-electron chi connectivity index (χ3n) is 4.26. The smallest absolute Gasteiger partial charge is 0.406 e. The van der Waals surface area contributed by atoms with Crippen LogP contribution >= 0.6 is 0 Å². The van der Waals surface area contributed by atoms with Gasteiger partial charge in [0.15, 0.2) is 0 Å². The summed E-state index contributed by atoms with van der Waals surface area (Å²) in [4.78, 5) is 1.90. The lowest BCUT2D eigenvalue weighted by Crippen LogP contribution is -2.23. The quantitative estimate of drug-likeness (QED) is 0.615. The van der Waals surface area contributed by atoms with Crippen molar-refractivity contribution in [1.82, 2.24) is 0 Å². The van der Waals surface area contributed by atoms with Crippen molar-refractivity contribution in [3.8, 4) is 5.75 Å². The highest BCUT2D eigenvalue weighted by Crippen LogP contribution is 2.39. The molecule has 1 aliphatic rings. The van der Waals surface area contributed by atoms with E-state index in [0.717, 1.165) is 18.6 Å². The second kappa shape index (κ2) is 6.74. The minimum atomic E-state index is -4.78. The van der Waals surface area contributed by atoms with Crippen LogP contribution in [-0.2, 0) is 6.18 Å². The molecular weight excluding hydrogens is 360 g/mol. The topological polar surface area (TPSA) is 12.5 Å². The Hall–Kier alpha value is -2.38. The molecule has 0 aromatic heterocycles. The van der Waals surface area contributed by atoms with Gasteiger partial charge in [0.2, 0.25) is 0 Å². The molecule has 2 aromatic rings. The molecule has 0 saturated carbocycles. The van der Waals surface area contributed by atoms with Gasteiger partial charge in [-0.3, -0.25) is 0 Å². The average molecular weight is 375 g/mol. The number of alkyl halides is 6. The van der Waals surface area contributed by atoms with Crippen LogP contribution in [0.5, 0.6) is 5.75 Å². The Labute approximate surface area is 146 Å². The van der Waals surface area contributed by atoms with Crippen LogP contribution in [0.15, 0.2) is 48.5 Å². The molecule has 2 nitrogen and oxygen atoms in total. The van der Waals surface area contributed by atoms with Gasteiger partial charge in [-0.1, -0.05) is 12.1 Å². The first-order valence-electron chi connectivity index (χ1n) is 7.93. The van der Waals surface area contributed by atoms with Crippen LogP contribution in [-0.4, -0.2) is 12.9 Å². The van der Waals surface area contributed by atoms with E-state index in [4.69, 9.17) is 0 Å². The van der Waals surface area contributed by atoms with Gasteiger partial charge in [-0.05, 0) is 54.8 Å². The molecule has 0 N–H and O–H groups in total. The molecule has 3 rings (SSSR count). The molecule has 1 fully saturated rings. The Morgan fingerprint density at radius 1 is 0.923 bits per heavy atom. The number of halogens is 6. The van der Waals surface area contributed by atoms with Crippen LogP contribution in [0.1, 0.15) is 30.0 Å². The molecule has 1 saturated heterocycles. The van der Waals surface area contributed by atoms with Crippen LogP contribution in [0.25, 0.3) is 0 Å². The Morgan fingerprint density at radius 2 is 1.62 bits per heavy atom. The van der Waals surface area contributed by atoms with Crippen molar-refractivity contribution >= 4 is 5.69 Å². The summed E-state index contributed by atoms with van der Waals surface area (Å²) in [6, 6.07) is 10.3. The first-order valence-corrected chi connectivity index (χ1v) is 7.93. The van der Waals surface area contributed by atoms with Crippen molar-refractivity contribution in [3.05, 3.63) is 59.7 Å². The van der Waals surface area contributed by atoms with E-state index in [1.54, 1.807) is 6.07 Å². The summed E-state index contributed by atoms with van der Waals surface area (Å²) in [5, 5.41) is 0. The van der Waals surface area contributed by atoms with Gasteiger partial charge in [0.05, 0.1) is 11.6 Å². The fourth-order valence-corrected chi connectivity index (χ4v) is 3.18. The summed E-state index contributed by atoms with van der Waals surface area (Å²) < 4.78 is 79.3. The second-order valence-electron chi connectivity index (χ2n) is 6.02. The summed E-state index contributed by atoms with van der Waals surface area (Å²) in [5.74, 6) is -0.311. The highest BCUT2D eigenvalue weighted by Gasteiger charge is 2.33. The lowest BCUT2D eigenvalue weighted by molar-refractivity contribution is -0.274. The number of hydrogen-bond acceptors (Lipinski definition) is 2. The summed E-state index contributed by atoms with van der Waals surface area (Å²) in [5.41, 5.74) is 0.490. The van der Waals surface area contributed by atoms with Crippen LogP contribution in [0.3, 0.4) is 0 Å². The number of nitrogens with zero attached hydrogens (tertiary/aromatic N) is 1. The Bertz CT molecular complexity index is 754. The number of rotatable bonds is 3. The van der Waals surface area contributed by atoms with Crippen LogP contribution in [0.4, 0.5) is 32.0 Å². The first-order chi connectivity index (χ1) is 12.1. The minimum Gasteiger partial charge on any atom is -0.406 e. The Balaban J connectivity index is 1.83. The monoisotopic (exact) mass is 375 g/mol. The molecule has 8 heteroatoms. The van der Waals surface area contributed by atoms with Crippen LogP contribution in [0, 0.1) is 0 Å². The van der Waals surface area contributed by atoms with Crippen LogP contribution in [0.2, 0.25) is 0 Å². The fraction of sp³-hybridized carbons (Fsp3) is 0.333. The third-order valence-corrected chi connectivity index (χ3v) is 4.26. The normalized spacial score (nSPS) is 18.2. The highest BCUT2D eigenvalue weighted by atomic mass is 19.4. The van der Waals surface area contributed by atoms with Gasteiger partial charge in [0.25, 0.3) is 0 Å². The minimum absolute atomic E-state index is 0.219. The zero-order valence-corrected chi connectivity index (χ0v) is 13.4. The van der Waals surface area contributed by atoms with E-state index in [9.17, 15) is 26.3 Å². The summed E-state index contributed by atoms with van der Waals surface area (Å²) in [6.07, 6.45) is -7.71. The SMILES string of the molecule is FC(F)(F)Oc1cccc(C2CCCN2c2ccc(C(F)(F)F)cc2)c1. The standard InChI is InChI=1S/C18H15F6NO/c19-17(20,21)13-6-8-14(9-7-13)25-10-2-5-16(25)12-3-1-4-15(11-12)26-18(22,23)24/h1,3-4,6-9,11,16H,2,5,10H2. The summed E-state index contributed by atoms with van der Waals surface area (Å²) >= 11 is 0. The molecule has 1 unspecified atom stereocenters. The van der Waals surface area contributed by atoms with Gasteiger partial charge in [-0.2, -0.15) is 13.2 Å². The molecule has 1 heterocycles. The van der Waals surface area contributed by atoms with Crippen molar-refractivity contribution < 1.29 is 31.1 Å². The van der Waals surface area contributed by atoms with Gasteiger partial charge >= 0.3 is 12.5 Å². The summed E-state index contributed by atoms with van der Waals surface area (Å²) in [7, 11) is 0. The van der Waals surface area contributed by atoms with Crippen molar-refractivity contribution in [3.63, 3.8) is 0 Å².